The Kier molecular flexibility index (Phi) is 6.09. The summed E-state index contributed by atoms with van der Waals surface area (Å²) in [5.41, 5.74) is 4.68. The van der Waals surface area contributed by atoms with E-state index >= 15 is 0 Å². The molecule has 3 aromatic carbocycles. The molecule has 0 unspecified atom stereocenters. The zero-order valence-corrected chi connectivity index (χ0v) is 18.4. The Bertz CT molecular complexity index is 1170. The molecule has 1 aliphatic heterocycles. The molecule has 0 saturated carbocycles. The molecule has 0 radical (unpaired) electrons. The number of aryl methyl sites for hydroxylation is 3. The lowest BCUT2D eigenvalue weighted by Crippen LogP contribution is -2.35. The van der Waals surface area contributed by atoms with Gasteiger partial charge in [0.25, 0.3) is 10.0 Å². The van der Waals surface area contributed by atoms with Gasteiger partial charge in [-0.3, -0.25) is 9.10 Å². The summed E-state index contributed by atoms with van der Waals surface area (Å²) in [6.07, 6.45) is 2.58. The molecular weight excluding hydrogens is 408 g/mol. The molecule has 1 N–H and O–H groups in total. The van der Waals surface area contributed by atoms with Crippen LogP contribution in [0.5, 0.6) is 0 Å². The lowest BCUT2D eigenvalue weighted by atomic mass is 10.0. The minimum absolute atomic E-state index is 0.0644. The van der Waals surface area contributed by atoms with Crippen LogP contribution in [0, 0.1) is 6.92 Å². The molecule has 1 heterocycles. The molecule has 5 nitrogen and oxygen atoms in total. The molecule has 0 bridgehead atoms. The van der Waals surface area contributed by atoms with Gasteiger partial charge in [0.05, 0.1) is 10.6 Å². The second-order valence-corrected chi connectivity index (χ2v) is 9.73. The molecule has 1 aliphatic rings. The summed E-state index contributed by atoms with van der Waals surface area (Å²) < 4.78 is 27.9. The van der Waals surface area contributed by atoms with Gasteiger partial charge in [0, 0.05) is 18.7 Å². The van der Waals surface area contributed by atoms with Crippen LogP contribution in [0.1, 0.15) is 29.5 Å². The number of carbonyl (C=O) groups is 1. The Morgan fingerprint density at radius 3 is 2.42 bits per heavy atom. The molecule has 31 heavy (non-hydrogen) atoms. The standard InChI is InChI=1S/C25H26N2O3S/c1-19-8-13-22(14-9-19)26-25(28)17-12-20-10-15-23(16-11-20)31(29,30)27-18-4-6-21-5-2-3-7-24(21)27/h2-3,5,7-11,13-16H,4,6,12,17-18H2,1H3,(H,26,28). The van der Waals surface area contributed by atoms with E-state index in [-0.39, 0.29) is 10.8 Å². The number of amides is 1. The number of sulfonamides is 1. The van der Waals surface area contributed by atoms with Gasteiger partial charge >= 0.3 is 0 Å². The number of hydrogen-bond donors (Lipinski definition) is 1. The number of nitrogens with zero attached hydrogens (tertiary/aromatic N) is 1. The average Bonchev–Trinajstić information content (AvgIpc) is 2.79. The Morgan fingerprint density at radius 1 is 0.968 bits per heavy atom. The van der Waals surface area contributed by atoms with Crippen molar-refractivity contribution in [3.63, 3.8) is 0 Å². The first-order valence-corrected chi connectivity index (χ1v) is 11.9. The Morgan fingerprint density at radius 2 is 1.68 bits per heavy atom. The predicted octanol–water partition coefficient (Wildman–Crippen LogP) is 4.71. The van der Waals surface area contributed by atoms with Crippen molar-refractivity contribution in [2.75, 3.05) is 16.2 Å². The second-order valence-electron chi connectivity index (χ2n) is 7.87. The van der Waals surface area contributed by atoms with Crippen LogP contribution in [0.3, 0.4) is 0 Å². The zero-order chi connectivity index (χ0) is 21.8. The highest BCUT2D eigenvalue weighted by Gasteiger charge is 2.28. The molecule has 0 aromatic heterocycles. The summed E-state index contributed by atoms with van der Waals surface area (Å²) in [5, 5.41) is 2.89. The van der Waals surface area contributed by atoms with Gasteiger partial charge in [-0.05, 0) is 67.6 Å². The van der Waals surface area contributed by atoms with E-state index in [1.54, 1.807) is 24.3 Å². The maximum Gasteiger partial charge on any atom is 0.264 e. The fraction of sp³-hybridized carbons (Fsp3) is 0.240. The minimum atomic E-state index is -3.61. The Labute approximate surface area is 183 Å². The van der Waals surface area contributed by atoms with Crippen LogP contribution in [0.4, 0.5) is 11.4 Å². The van der Waals surface area contributed by atoms with Gasteiger partial charge < -0.3 is 5.32 Å². The van der Waals surface area contributed by atoms with E-state index in [1.165, 1.54) is 4.31 Å². The van der Waals surface area contributed by atoms with Crippen molar-refractivity contribution < 1.29 is 13.2 Å². The maximum absolute atomic E-state index is 13.2. The van der Waals surface area contributed by atoms with E-state index < -0.39 is 10.0 Å². The topological polar surface area (TPSA) is 66.5 Å². The van der Waals surface area contributed by atoms with Gasteiger partial charge in [-0.15, -0.1) is 0 Å². The van der Waals surface area contributed by atoms with Crippen molar-refractivity contribution in [1.29, 1.82) is 0 Å². The van der Waals surface area contributed by atoms with Crippen LogP contribution in [-0.2, 0) is 27.7 Å². The summed E-state index contributed by atoms with van der Waals surface area (Å²) in [6.45, 7) is 2.49. The lowest BCUT2D eigenvalue weighted by molar-refractivity contribution is -0.116. The number of anilines is 2. The highest BCUT2D eigenvalue weighted by atomic mass is 32.2. The molecule has 0 atom stereocenters. The third-order valence-corrected chi connectivity index (χ3v) is 7.38. The van der Waals surface area contributed by atoms with Gasteiger partial charge in [0.15, 0.2) is 0 Å². The summed E-state index contributed by atoms with van der Waals surface area (Å²) in [6, 6.07) is 22.2. The molecule has 1 amide bonds. The van der Waals surface area contributed by atoms with E-state index in [2.05, 4.69) is 5.32 Å². The quantitative estimate of drug-likeness (QED) is 0.611. The minimum Gasteiger partial charge on any atom is -0.326 e. The van der Waals surface area contributed by atoms with E-state index in [4.69, 9.17) is 0 Å². The molecule has 6 heteroatoms. The van der Waals surface area contributed by atoms with Crippen LogP contribution in [0.2, 0.25) is 0 Å². The van der Waals surface area contributed by atoms with Gasteiger partial charge in [0.1, 0.15) is 0 Å². The normalized spacial score (nSPS) is 13.5. The average molecular weight is 435 g/mol. The molecule has 160 valence electrons. The molecule has 0 saturated heterocycles. The number of hydrogen-bond acceptors (Lipinski definition) is 3. The number of para-hydroxylation sites is 1. The van der Waals surface area contributed by atoms with Crippen molar-refractivity contribution >= 4 is 27.3 Å². The third kappa shape index (κ3) is 4.80. The largest absolute Gasteiger partial charge is 0.326 e. The van der Waals surface area contributed by atoms with Gasteiger partial charge in [-0.25, -0.2) is 8.42 Å². The molecule has 0 aliphatic carbocycles. The van der Waals surface area contributed by atoms with Gasteiger partial charge in [0.2, 0.25) is 5.91 Å². The van der Waals surface area contributed by atoms with Crippen molar-refractivity contribution in [2.24, 2.45) is 0 Å². The van der Waals surface area contributed by atoms with E-state index in [0.29, 0.717) is 19.4 Å². The monoisotopic (exact) mass is 434 g/mol. The maximum atomic E-state index is 13.2. The first-order chi connectivity index (χ1) is 14.9. The van der Waals surface area contributed by atoms with Gasteiger partial charge in [-0.2, -0.15) is 0 Å². The number of fused-ring (bicyclic) bond motifs is 1. The van der Waals surface area contributed by atoms with E-state index in [9.17, 15) is 13.2 Å². The predicted molar refractivity (Wildman–Crippen MR) is 124 cm³/mol. The van der Waals surface area contributed by atoms with Crippen molar-refractivity contribution in [3.05, 3.63) is 89.5 Å². The van der Waals surface area contributed by atoms with Crippen molar-refractivity contribution in [2.45, 2.75) is 37.5 Å². The highest BCUT2D eigenvalue weighted by molar-refractivity contribution is 7.92. The van der Waals surface area contributed by atoms with Crippen molar-refractivity contribution in [3.8, 4) is 0 Å². The molecule has 3 aromatic rings. The van der Waals surface area contributed by atoms with E-state index in [0.717, 1.165) is 40.9 Å². The molecule has 4 rings (SSSR count). The summed E-state index contributed by atoms with van der Waals surface area (Å²) in [5.74, 6) is -0.0644. The smallest absolute Gasteiger partial charge is 0.264 e. The number of benzene rings is 3. The van der Waals surface area contributed by atoms with Crippen LogP contribution >= 0.6 is 0 Å². The zero-order valence-electron chi connectivity index (χ0n) is 17.5. The Balaban J connectivity index is 1.41. The van der Waals surface area contributed by atoms with Crippen LogP contribution < -0.4 is 9.62 Å². The summed E-state index contributed by atoms with van der Waals surface area (Å²) >= 11 is 0. The van der Waals surface area contributed by atoms with E-state index in [1.807, 2.05) is 55.5 Å². The lowest BCUT2D eigenvalue weighted by Gasteiger charge is -2.30. The molecule has 0 spiro atoms. The first-order valence-electron chi connectivity index (χ1n) is 10.5. The number of nitrogens with one attached hydrogen (secondary N) is 1. The van der Waals surface area contributed by atoms with Gasteiger partial charge in [-0.1, -0.05) is 48.0 Å². The molecule has 0 fully saturated rings. The second kappa shape index (κ2) is 8.94. The molecular formula is C25H26N2O3S. The number of rotatable bonds is 6. The fourth-order valence-corrected chi connectivity index (χ4v) is 5.36. The summed E-state index contributed by atoms with van der Waals surface area (Å²) in [4.78, 5) is 12.5. The third-order valence-electron chi connectivity index (χ3n) is 5.56. The van der Waals surface area contributed by atoms with Crippen molar-refractivity contribution in [1.82, 2.24) is 0 Å². The number of carbonyl (C=O) groups excluding carboxylic acids is 1. The highest BCUT2D eigenvalue weighted by Crippen LogP contribution is 2.31. The first kappa shape index (κ1) is 21.1. The van der Waals surface area contributed by atoms with Crippen LogP contribution in [0.15, 0.2) is 77.7 Å². The summed E-state index contributed by atoms with van der Waals surface area (Å²) in [7, 11) is -3.61. The Hall–Kier alpha value is -3.12. The van der Waals surface area contributed by atoms with Crippen LogP contribution in [0.25, 0.3) is 0 Å². The fourth-order valence-electron chi connectivity index (χ4n) is 3.82. The SMILES string of the molecule is Cc1ccc(NC(=O)CCc2ccc(S(=O)(=O)N3CCCc4ccccc43)cc2)cc1. The van der Waals surface area contributed by atoms with Crippen LogP contribution in [-0.4, -0.2) is 20.9 Å².